The maximum atomic E-state index is 12.0. The lowest BCUT2D eigenvalue weighted by Gasteiger charge is -2.30. The Balaban J connectivity index is 2.06. The molecule has 1 aromatic heterocycles. The minimum absolute atomic E-state index is 0.890. The number of fused-ring (bicyclic) bond motifs is 1. The van der Waals surface area contributed by atoms with Gasteiger partial charge in [-0.2, -0.15) is 0 Å². The Morgan fingerprint density at radius 1 is 0.760 bits per heavy atom. The number of thiophene rings is 1. The first-order valence-electron chi connectivity index (χ1n) is 8.59. The zero-order chi connectivity index (χ0) is 17.3. The average molecular weight is 344 g/mol. The molecule has 0 amide bonds. The molecule has 4 rings (SSSR count). The van der Waals surface area contributed by atoms with Gasteiger partial charge in [0.15, 0.2) is 0 Å². The molecule has 0 atom stereocenters. The van der Waals surface area contributed by atoms with E-state index in [1.165, 1.54) is 15.6 Å². The van der Waals surface area contributed by atoms with Gasteiger partial charge in [-0.05, 0) is 34.6 Å². The first-order valence-corrected chi connectivity index (χ1v) is 9.41. The van der Waals surface area contributed by atoms with Crippen molar-refractivity contribution in [2.24, 2.45) is 0 Å². The van der Waals surface area contributed by atoms with Crippen molar-refractivity contribution in [2.45, 2.75) is 18.9 Å². The Labute approximate surface area is 152 Å². The lowest BCUT2D eigenvalue weighted by atomic mass is 9.82. The molecule has 4 aromatic rings. The fourth-order valence-electron chi connectivity index (χ4n) is 3.53. The van der Waals surface area contributed by atoms with Gasteiger partial charge in [0.05, 0.1) is 0 Å². The van der Waals surface area contributed by atoms with E-state index >= 15 is 0 Å². The summed E-state index contributed by atoms with van der Waals surface area (Å²) in [6.07, 6.45) is 0.890. The summed E-state index contributed by atoms with van der Waals surface area (Å²) in [7, 11) is 0. The molecule has 0 radical (unpaired) electrons. The highest BCUT2D eigenvalue weighted by molar-refractivity contribution is 7.19. The van der Waals surface area contributed by atoms with E-state index in [0.717, 1.165) is 22.4 Å². The molecular weight excluding hydrogens is 324 g/mol. The van der Waals surface area contributed by atoms with E-state index in [1.807, 2.05) is 60.7 Å². The SMILES string of the molecule is CCc1c(C(O)(c2ccccc2)c2ccccc2)sc2ccccc12. The molecule has 0 spiro atoms. The van der Waals surface area contributed by atoms with Crippen LogP contribution in [0.15, 0.2) is 84.9 Å². The fourth-order valence-corrected chi connectivity index (χ4v) is 4.96. The molecule has 0 saturated heterocycles. The maximum absolute atomic E-state index is 12.0. The Bertz CT molecular complexity index is 947. The van der Waals surface area contributed by atoms with Crippen LogP contribution in [0.3, 0.4) is 0 Å². The van der Waals surface area contributed by atoms with Gasteiger partial charge in [-0.25, -0.2) is 0 Å². The van der Waals surface area contributed by atoms with Crippen LogP contribution in [0.2, 0.25) is 0 Å². The Morgan fingerprint density at radius 2 is 1.28 bits per heavy atom. The molecule has 0 aliphatic heterocycles. The van der Waals surface area contributed by atoms with Crippen LogP contribution in [-0.4, -0.2) is 5.11 Å². The van der Waals surface area contributed by atoms with Gasteiger partial charge < -0.3 is 5.11 Å². The number of aliphatic hydroxyl groups is 1. The van der Waals surface area contributed by atoms with Crippen LogP contribution < -0.4 is 0 Å². The molecule has 25 heavy (non-hydrogen) atoms. The van der Waals surface area contributed by atoms with Gasteiger partial charge in [0, 0.05) is 9.58 Å². The van der Waals surface area contributed by atoms with Crippen molar-refractivity contribution in [2.75, 3.05) is 0 Å². The van der Waals surface area contributed by atoms with Gasteiger partial charge in [0.1, 0.15) is 5.60 Å². The van der Waals surface area contributed by atoms with E-state index in [2.05, 4.69) is 31.2 Å². The second kappa shape index (κ2) is 6.47. The van der Waals surface area contributed by atoms with Crippen LogP contribution in [0.25, 0.3) is 10.1 Å². The average Bonchev–Trinajstić information content (AvgIpc) is 3.08. The highest BCUT2D eigenvalue weighted by atomic mass is 32.1. The quantitative estimate of drug-likeness (QED) is 0.500. The van der Waals surface area contributed by atoms with Crippen molar-refractivity contribution >= 4 is 21.4 Å². The lowest BCUT2D eigenvalue weighted by Crippen LogP contribution is -2.28. The van der Waals surface area contributed by atoms with Crippen molar-refractivity contribution in [3.63, 3.8) is 0 Å². The topological polar surface area (TPSA) is 20.2 Å². The highest BCUT2D eigenvalue weighted by Crippen LogP contribution is 2.45. The van der Waals surface area contributed by atoms with Crippen LogP contribution in [0.5, 0.6) is 0 Å². The van der Waals surface area contributed by atoms with Crippen LogP contribution in [0, 0.1) is 0 Å². The second-order valence-electron chi connectivity index (χ2n) is 6.20. The molecule has 0 aliphatic rings. The third kappa shape index (κ3) is 2.58. The molecule has 0 saturated carbocycles. The molecule has 2 heteroatoms. The fraction of sp³-hybridized carbons (Fsp3) is 0.130. The predicted octanol–water partition coefficient (Wildman–Crippen LogP) is 5.75. The van der Waals surface area contributed by atoms with Gasteiger partial charge in [0.25, 0.3) is 0 Å². The summed E-state index contributed by atoms with van der Waals surface area (Å²) >= 11 is 1.70. The summed E-state index contributed by atoms with van der Waals surface area (Å²) in [5.41, 5.74) is 1.90. The first kappa shape index (κ1) is 16.1. The number of hydrogen-bond donors (Lipinski definition) is 1. The molecule has 124 valence electrons. The molecule has 3 aromatic carbocycles. The number of aryl methyl sites for hydroxylation is 1. The van der Waals surface area contributed by atoms with Crippen molar-refractivity contribution in [1.82, 2.24) is 0 Å². The summed E-state index contributed by atoms with van der Waals surface area (Å²) < 4.78 is 1.22. The smallest absolute Gasteiger partial charge is 0.149 e. The zero-order valence-corrected chi connectivity index (χ0v) is 15.0. The van der Waals surface area contributed by atoms with Gasteiger partial charge >= 0.3 is 0 Å². The van der Waals surface area contributed by atoms with Crippen LogP contribution >= 0.6 is 11.3 Å². The second-order valence-corrected chi connectivity index (χ2v) is 7.25. The minimum Gasteiger partial charge on any atom is -0.375 e. The van der Waals surface area contributed by atoms with Gasteiger partial charge in [-0.15, -0.1) is 11.3 Å². The van der Waals surface area contributed by atoms with Gasteiger partial charge in [-0.1, -0.05) is 85.8 Å². The van der Waals surface area contributed by atoms with Crippen LogP contribution in [0.4, 0.5) is 0 Å². The molecule has 0 fully saturated rings. The summed E-state index contributed by atoms with van der Waals surface area (Å²) in [6.45, 7) is 2.16. The van der Waals surface area contributed by atoms with Crippen LogP contribution in [0.1, 0.15) is 28.5 Å². The summed E-state index contributed by atoms with van der Waals surface area (Å²) in [5, 5.41) is 13.3. The molecule has 0 aliphatic carbocycles. The van der Waals surface area contributed by atoms with Crippen molar-refractivity contribution in [3.8, 4) is 0 Å². The Morgan fingerprint density at radius 3 is 1.84 bits per heavy atom. The largest absolute Gasteiger partial charge is 0.375 e. The van der Waals surface area contributed by atoms with E-state index in [-0.39, 0.29) is 0 Å². The van der Waals surface area contributed by atoms with E-state index in [0.29, 0.717) is 0 Å². The van der Waals surface area contributed by atoms with Gasteiger partial charge in [-0.3, -0.25) is 0 Å². The Hall–Kier alpha value is -2.42. The van der Waals surface area contributed by atoms with Crippen molar-refractivity contribution in [3.05, 3.63) is 106 Å². The van der Waals surface area contributed by atoms with Crippen molar-refractivity contribution in [1.29, 1.82) is 0 Å². The van der Waals surface area contributed by atoms with Crippen molar-refractivity contribution < 1.29 is 5.11 Å². The van der Waals surface area contributed by atoms with E-state index in [9.17, 15) is 5.11 Å². The molecule has 0 bridgehead atoms. The summed E-state index contributed by atoms with van der Waals surface area (Å²) in [4.78, 5) is 1.02. The molecule has 1 nitrogen and oxygen atoms in total. The molecule has 1 heterocycles. The monoisotopic (exact) mass is 344 g/mol. The van der Waals surface area contributed by atoms with E-state index in [4.69, 9.17) is 0 Å². The molecule has 1 N–H and O–H groups in total. The zero-order valence-electron chi connectivity index (χ0n) is 14.1. The van der Waals surface area contributed by atoms with E-state index in [1.54, 1.807) is 11.3 Å². The number of rotatable bonds is 4. The summed E-state index contributed by atoms with van der Waals surface area (Å²) in [6, 6.07) is 28.4. The third-order valence-corrected chi connectivity index (χ3v) is 6.09. The highest BCUT2D eigenvalue weighted by Gasteiger charge is 2.37. The predicted molar refractivity (Wildman–Crippen MR) is 106 cm³/mol. The first-order chi connectivity index (χ1) is 12.2. The Kier molecular flexibility index (Phi) is 4.16. The van der Waals surface area contributed by atoms with Crippen LogP contribution in [-0.2, 0) is 12.0 Å². The molecule has 0 unspecified atom stereocenters. The molecular formula is C23H20OS. The lowest BCUT2D eigenvalue weighted by molar-refractivity contribution is 0.129. The number of benzene rings is 3. The minimum atomic E-state index is -1.14. The van der Waals surface area contributed by atoms with Gasteiger partial charge in [0.2, 0.25) is 0 Å². The number of hydrogen-bond acceptors (Lipinski definition) is 2. The van der Waals surface area contributed by atoms with E-state index < -0.39 is 5.60 Å². The normalized spacial score (nSPS) is 11.8. The standard InChI is InChI=1S/C23H20OS/c1-2-19-20-15-9-10-16-21(20)25-22(19)23(24,17-11-5-3-6-12-17)18-13-7-4-8-14-18/h3-16,24H,2H2,1H3. The third-order valence-electron chi connectivity index (χ3n) is 4.76. The summed E-state index contributed by atoms with van der Waals surface area (Å²) in [5.74, 6) is 0. The maximum Gasteiger partial charge on any atom is 0.149 e.